The predicted molar refractivity (Wildman–Crippen MR) is 97.9 cm³/mol. The summed E-state index contributed by atoms with van der Waals surface area (Å²) in [5, 5.41) is 0.139. The zero-order valence-electron chi connectivity index (χ0n) is 15.3. The Balaban J connectivity index is 3.30. The summed E-state index contributed by atoms with van der Waals surface area (Å²) in [6, 6.07) is 3.64. The Morgan fingerprint density at radius 3 is 1.50 bits per heavy atom. The van der Waals surface area contributed by atoms with Crippen molar-refractivity contribution < 1.29 is 12.7 Å². The van der Waals surface area contributed by atoms with E-state index in [1.54, 1.807) is 18.2 Å². The Kier molecular flexibility index (Phi) is 5.62. The van der Waals surface area contributed by atoms with Crippen LogP contribution >= 0.6 is 0 Å². The molecule has 0 N–H and O–H groups in total. The van der Waals surface area contributed by atoms with Gasteiger partial charge in [0.15, 0.2) is 0 Å². The Hall–Kier alpha value is -0.349. The first kappa shape index (κ1) is 19.7. The summed E-state index contributed by atoms with van der Waals surface area (Å²) < 4.78 is 37.3. The minimum Gasteiger partial charge on any atom is -0.290 e. The third kappa shape index (κ3) is 4.58. The van der Waals surface area contributed by atoms with Crippen LogP contribution in [-0.2, 0) is 4.53 Å². The standard InChI is InChI=1S/C15H29F2NOSi3/c1-12-10-13(2)15(14(3)11-12)22(16,17)19-18(20(4,5)6)21(7,8)9/h10-11H,1-9H3. The Morgan fingerprint density at radius 1 is 0.818 bits per heavy atom. The number of halogens is 2. The van der Waals surface area contributed by atoms with Crippen molar-refractivity contribution in [3.8, 4) is 0 Å². The van der Waals surface area contributed by atoms with E-state index in [2.05, 4.69) is 39.3 Å². The SMILES string of the molecule is Cc1cc(C)c([Si](F)(F)ON([Si](C)(C)C)[Si](C)(C)C)c(C)c1. The van der Waals surface area contributed by atoms with E-state index in [0.29, 0.717) is 11.1 Å². The van der Waals surface area contributed by atoms with Gasteiger partial charge in [-0.05, 0) is 31.9 Å². The van der Waals surface area contributed by atoms with Gasteiger partial charge in [0, 0.05) is 5.19 Å². The molecule has 0 unspecified atom stereocenters. The largest absolute Gasteiger partial charge is 0.630 e. The highest BCUT2D eigenvalue weighted by atomic mass is 28.4. The molecule has 0 aliphatic heterocycles. The second-order valence-electron chi connectivity index (χ2n) is 8.02. The van der Waals surface area contributed by atoms with Gasteiger partial charge in [-0.2, -0.15) is 0 Å². The van der Waals surface area contributed by atoms with Gasteiger partial charge in [-0.25, -0.2) is 12.6 Å². The second kappa shape index (κ2) is 6.27. The summed E-state index contributed by atoms with van der Waals surface area (Å²) in [6.45, 7) is 17.8. The third-order valence-electron chi connectivity index (χ3n) is 3.39. The van der Waals surface area contributed by atoms with E-state index in [4.69, 9.17) is 4.53 Å². The van der Waals surface area contributed by atoms with Crippen LogP contribution in [0.1, 0.15) is 16.7 Å². The maximum atomic E-state index is 15.0. The molecule has 126 valence electrons. The van der Waals surface area contributed by atoms with Crippen LogP contribution in [0.25, 0.3) is 0 Å². The van der Waals surface area contributed by atoms with Crippen LogP contribution in [0, 0.1) is 20.8 Å². The highest BCUT2D eigenvalue weighted by molar-refractivity contribution is 6.90. The lowest BCUT2D eigenvalue weighted by Gasteiger charge is -2.43. The Morgan fingerprint density at radius 2 is 1.18 bits per heavy atom. The lowest BCUT2D eigenvalue weighted by Crippen LogP contribution is -2.64. The minimum atomic E-state index is -4.98. The van der Waals surface area contributed by atoms with Gasteiger partial charge in [0.05, 0.1) is 0 Å². The molecule has 0 saturated heterocycles. The maximum absolute atomic E-state index is 15.0. The Bertz CT molecular complexity index is 514. The van der Waals surface area contributed by atoms with Crippen molar-refractivity contribution in [2.75, 3.05) is 0 Å². The fourth-order valence-electron chi connectivity index (χ4n) is 3.08. The van der Waals surface area contributed by atoms with Gasteiger partial charge in [-0.1, -0.05) is 57.0 Å². The molecular formula is C15H29F2NOSi3. The van der Waals surface area contributed by atoms with E-state index in [1.807, 2.05) is 19.1 Å². The molecule has 7 heteroatoms. The summed E-state index contributed by atoms with van der Waals surface area (Å²) >= 11 is 0. The van der Waals surface area contributed by atoms with Crippen molar-refractivity contribution in [2.45, 2.75) is 60.1 Å². The van der Waals surface area contributed by atoms with Crippen molar-refractivity contribution in [3.63, 3.8) is 0 Å². The van der Waals surface area contributed by atoms with E-state index in [9.17, 15) is 0 Å². The third-order valence-corrected chi connectivity index (χ3v) is 12.2. The average Bonchev–Trinajstić information content (AvgIpc) is 2.20. The summed E-state index contributed by atoms with van der Waals surface area (Å²) in [5.74, 6) is 0. The van der Waals surface area contributed by atoms with Crippen LogP contribution in [0.5, 0.6) is 0 Å². The number of hydrogen-bond donors (Lipinski definition) is 0. The molecule has 0 saturated carbocycles. The molecule has 2 nitrogen and oxygen atoms in total. The minimum absolute atomic E-state index is 0.139. The fraction of sp³-hybridized carbons (Fsp3) is 0.600. The molecule has 0 amide bonds. The van der Waals surface area contributed by atoms with E-state index in [0.717, 1.165) is 5.56 Å². The molecule has 0 aliphatic rings. The first-order valence-corrected chi connectivity index (χ1v) is 16.2. The number of hydrogen-bond acceptors (Lipinski definition) is 2. The first-order valence-electron chi connectivity index (χ1n) is 7.62. The first-order chi connectivity index (χ1) is 9.66. The van der Waals surface area contributed by atoms with Gasteiger partial charge in [-0.15, -0.1) is 0 Å². The van der Waals surface area contributed by atoms with E-state index < -0.39 is 25.5 Å². The maximum Gasteiger partial charge on any atom is 0.630 e. The fourth-order valence-corrected chi connectivity index (χ4v) is 15.4. The number of nitrogens with zero attached hydrogens (tertiary/aromatic N) is 1. The molecule has 1 aromatic rings. The van der Waals surface area contributed by atoms with Crippen LogP contribution in [0.2, 0.25) is 39.3 Å². The van der Waals surface area contributed by atoms with Crippen LogP contribution in [0.4, 0.5) is 8.22 Å². The van der Waals surface area contributed by atoms with Crippen molar-refractivity contribution in [2.24, 2.45) is 0 Å². The molecule has 1 aromatic carbocycles. The second-order valence-corrected chi connectivity index (χ2v) is 19.7. The van der Waals surface area contributed by atoms with Crippen molar-refractivity contribution in [1.29, 1.82) is 0 Å². The topological polar surface area (TPSA) is 12.5 Å². The highest BCUT2D eigenvalue weighted by Crippen LogP contribution is 2.26. The van der Waals surface area contributed by atoms with Gasteiger partial charge in [0.25, 0.3) is 0 Å². The molecule has 0 radical (unpaired) electrons. The number of rotatable bonds is 5. The number of benzene rings is 1. The van der Waals surface area contributed by atoms with Crippen molar-refractivity contribution >= 4 is 30.6 Å². The van der Waals surface area contributed by atoms with E-state index in [-0.39, 0.29) is 5.19 Å². The molecule has 0 bridgehead atoms. The van der Waals surface area contributed by atoms with Gasteiger partial charge in [-0.3, -0.25) is 4.53 Å². The lowest BCUT2D eigenvalue weighted by atomic mass is 10.1. The molecule has 0 heterocycles. The molecule has 0 fully saturated rings. The molecule has 22 heavy (non-hydrogen) atoms. The van der Waals surface area contributed by atoms with Crippen LogP contribution in [-0.4, -0.2) is 29.9 Å². The monoisotopic (exact) mass is 361 g/mol. The molecule has 0 aliphatic carbocycles. The zero-order chi connectivity index (χ0) is 17.5. The molecule has 0 spiro atoms. The van der Waals surface area contributed by atoms with Gasteiger partial charge >= 0.3 is 8.99 Å². The van der Waals surface area contributed by atoms with Gasteiger partial charge in [0.1, 0.15) is 16.5 Å². The van der Waals surface area contributed by atoms with Gasteiger partial charge < -0.3 is 0 Å². The quantitative estimate of drug-likeness (QED) is 0.432. The molecule has 0 atom stereocenters. The van der Waals surface area contributed by atoms with E-state index >= 15 is 8.22 Å². The van der Waals surface area contributed by atoms with E-state index in [1.165, 1.54) is 0 Å². The van der Waals surface area contributed by atoms with Crippen LogP contribution in [0.15, 0.2) is 12.1 Å². The normalized spacial score (nSPS) is 13.8. The lowest BCUT2D eigenvalue weighted by molar-refractivity contribution is 0.0570. The molecule has 0 aromatic heterocycles. The van der Waals surface area contributed by atoms with Crippen molar-refractivity contribution in [3.05, 3.63) is 28.8 Å². The summed E-state index contributed by atoms with van der Waals surface area (Å²) in [4.78, 5) is 0. The van der Waals surface area contributed by atoms with Crippen LogP contribution < -0.4 is 5.19 Å². The zero-order valence-corrected chi connectivity index (χ0v) is 18.3. The predicted octanol–water partition coefficient (Wildman–Crippen LogP) is 4.60. The molecule has 1 rings (SSSR count). The smallest absolute Gasteiger partial charge is 0.290 e. The average molecular weight is 362 g/mol. The summed E-state index contributed by atoms with van der Waals surface area (Å²) in [6.07, 6.45) is 0. The highest BCUT2D eigenvalue weighted by Gasteiger charge is 2.51. The van der Waals surface area contributed by atoms with Gasteiger partial charge in [0.2, 0.25) is 0 Å². The van der Waals surface area contributed by atoms with Crippen molar-refractivity contribution in [1.82, 2.24) is 4.39 Å². The Labute approximate surface area is 137 Å². The van der Waals surface area contributed by atoms with Crippen LogP contribution in [0.3, 0.4) is 0 Å². The summed E-state index contributed by atoms with van der Waals surface area (Å²) in [5.41, 5.74) is 2.29. The summed E-state index contributed by atoms with van der Waals surface area (Å²) in [7, 11) is -8.94. The molecular weight excluding hydrogens is 332 g/mol. The number of aryl methyl sites for hydroxylation is 3.